The molecule has 1 N–H and O–H groups in total. The number of nitrogens with one attached hydrogen (secondary N) is 1. The van der Waals surface area contributed by atoms with Crippen LogP contribution in [0.15, 0.2) is 71.9 Å². The molecule has 0 radical (unpaired) electrons. The van der Waals surface area contributed by atoms with Gasteiger partial charge in [-0.05, 0) is 58.9 Å². The Hall–Kier alpha value is -3.98. The molecule has 0 saturated heterocycles. The summed E-state index contributed by atoms with van der Waals surface area (Å²) in [6.07, 6.45) is 2.93. The van der Waals surface area contributed by atoms with Gasteiger partial charge in [0.15, 0.2) is 15.5 Å². The first kappa shape index (κ1) is 24.7. The van der Waals surface area contributed by atoms with E-state index < -0.39 is 26.8 Å². The van der Waals surface area contributed by atoms with Crippen molar-refractivity contribution in [1.82, 2.24) is 19.5 Å². The highest BCUT2D eigenvalue weighted by Gasteiger charge is 2.25. The first-order valence-corrected chi connectivity index (χ1v) is 13.5. The summed E-state index contributed by atoms with van der Waals surface area (Å²) in [5, 5.41) is 0.386. The van der Waals surface area contributed by atoms with Gasteiger partial charge >= 0.3 is 6.09 Å². The lowest BCUT2D eigenvalue weighted by Gasteiger charge is -2.21. The minimum Gasteiger partial charge on any atom is -0.443 e. The van der Waals surface area contributed by atoms with Gasteiger partial charge in [-0.3, -0.25) is 0 Å². The molecule has 190 valence electrons. The van der Waals surface area contributed by atoms with Gasteiger partial charge in [-0.25, -0.2) is 27.7 Å². The molecule has 9 heteroatoms. The van der Waals surface area contributed by atoms with Crippen molar-refractivity contribution in [3.05, 3.63) is 67.0 Å². The number of hydrogen-bond acceptors (Lipinski definition) is 6. The largest absolute Gasteiger partial charge is 0.443 e. The van der Waals surface area contributed by atoms with Crippen molar-refractivity contribution in [1.29, 1.82) is 0 Å². The predicted octanol–water partition coefficient (Wildman–Crippen LogP) is 6.21. The summed E-state index contributed by atoms with van der Waals surface area (Å²) in [6.45, 7) is 8.81. The van der Waals surface area contributed by atoms with Crippen molar-refractivity contribution in [2.24, 2.45) is 0 Å². The molecule has 0 amide bonds. The summed E-state index contributed by atoms with van der Waals surface area (Å²) < 4.78 is 32.3. The third-order valence-electron chi connectivity index (χ3n) is 6.04. The Balaban J connectivity index is 1.63. The van der Waals surface area contributed by atoms with E-state index in [2.05, 4.69) is 9.97 Å². The van der Waals surface area contributed by atoms with Crippen LogP contribution in [0.5, 0.6) is 0 Å². The number of benzene rings is 2. The van der Waals surface area contributed by atoms with Gasteiger partial charge in [-0.1, -0.05) is 30.3 Å². The molecule has 0 fully saturated rings. The summed E-state index contributed by atoms with van der Waals surface area (Å²) in [5.74, 6) is 0. The van der Waals surface area contributed by atoms with E-state index in [-0.39, 0.29) is 4.90 Å². The van der Waals surface area contributed by atoms with Crippen LogP contribution >= 0.6 is 0 Å². The smallest absolute Gasteiger partial charge is 0.419 e. The molecule has 0 atom stereocenters. The van der Waals surface area contributed by atoms with E-state index in [4.69, 9.17) is 9.72 Å². The Kier molecular flexibility index (Phi) is 5.91. The van der Waals surface area contributed by atoms with Crippen LogP contribution in [0.2, 0.25) is 0 Å². The van der Waals surface area contributed by atoms with Gasteiger partial charge in [-0.15, -0.1) is 0 Å². The Morgan fingerprint density at radius 3 is 2.43 bits per heavy atom. The zero-order valence-electron chi connectivity index (χ0n) is 21.3. The van der Waals surface area contributed by atoms with Crippen molar-refractivity contribution < 1.29 is 17.9 Å². The molecule has 5 rings (SSSR count). The average molecular weight is 517 g/mol. The molecule has 37 heavy (non-hydrogen) atoms. The van der Waals surface area contributed by atoms with Crippen LogP contribution in [-0.4, -0.2) is 44.9 Å². The van der Waals surface area contributed by atoms with Crippen molar-refractivity contribution in [2.45, 2.75) is 50.4 Å². The van der Waals surface area contributed by atoms with Gasteiger partial charge in [0.05, 0.1) is 33.2 Å². The number of sulfone groups is 1. The number of aromatic nitrogens is 4. The zero-order chi connectivity index (χ0) is 26.5. The van der Waals surface area contributed by atoms with Crippen molar-refractivity contribution in [3.8, 4) is 22.5 Å². The van der Waals surface area contributed by atoms with Crippen LogP contribution in [0.25, 0.3) is 44.6 Å². The molecule has 3 aromatic heterocycles. The molecule has 0 aliphatic heterocycles. The van der Waals surface area contributed by atoms with Gasteiger partial charge in [0.1, 0.15) is 11.1 Å². The van der Waals surface area contributed by atoms with Crippen LogP contribution in [0.1, 0.15) is 34.6 Å². The van der Waals surface area contributed by atoms with Gasteiger partial charge in [0, 0.05) is 22.7 Å². The second-order valence-corrected chi connectivity index (χ2v) is 12.7. The van der Waals surface area contributed by atoms with Gasteiger partial charge in [0.2, 0.25) is 0 Å². The van der Waals surface area contributed by atoms with Gasteiger partial charge < -0.3 is 9.72 Å². The number of nitrogens with zero attached hydrogens (tertiary/aromatic N) is 3. The highest BCUT2D eigenvalue weighted by atomic mass is 32.2. The number of rotatable bonds is 4. The third-order valence-corrected chi connectivity index (χ3v) is 8.21. The van der Waals surface area contributed by atoms with Crippen molar-refractivity contribution >= 4 is 38.0 Å². The molecule has 0 spiro atoms. The molecular weight excluding hydrogens is 488 g/mol. The van der Waals surface area contributed by atoms with E-state index in [1.807, 2.05) is 51.1 Å². The number of carbonyl (C=O) groups excluding carboxylic acids is 1. The number of para-hydroxylation sites is 1. The lowest BCUT2D eigenvalue weighted by molar-refractivity contribution is 0.0547. The Morgan fingerprint density at radius 1 is 1.05 bits per heavy atom. The van der Waals surface area contributed by atoms with Crippen molar-refractivity contribution in [2.75, 3.05) is 0 Å². The fraction of sp³-hybridized carbons (Fsp3) is 0.250. The number of aromatic amines is 1. The summed E-state index contributed by atoms with van der Waals surface area (Å²) in [7, 11) is -3.37. The molecule has 0 saturated carbocycles. The van der Waals surface area contributed by atoms with Crippen LogP contribution in [0, 0.1) is 0 Å². The van der Waals surface area contributed by atoms with E-state index in [0.717, 1.165) is 16.5 Å². The van der Waals surface area contributed by atoms with Crippen molar-refractivity contribution in [3.63, 3.8) is 0 Å². The molecule has 0 aliphatic carbocycles. The van der Waals surface area contributed by atoms with Gasteiger partial charge in [0.25, 0.3) is 0 Å². The molecular formula is C28H28N4O4S. The first-order valence-electron chi connectivity index (χ1n) is 12.0. The molecule has 8 nitrogen and oxygen atoms in total. The maximum Gasteiger partial charge on any atom is 0.419 e. The molecule has 0 aliphatic rings. The summed E-state index contributed by atoms with van der Waals surface area (Å²) >= 11 is 0. The zero-order valence-corrected chi connectivity index (χ0v) is 22.1. The first-order chi connectivity index (χ1) is 17.5. The summed E-state index contributed by atoms with van der Waals surface area (Å²) in [5.41, 5.74) is 3.87. The number of fused-ring (bicyclic) bond motifs is 2. The van der Waals surface area contributed by atoms with E-state index >= 15 is 0 Å². The quantitative estimate of drug-likeness (QED) is 0.304. The number of H-pyrrole nitrogens is 1. The topological polar surface area (TPSA) is 107 Å². The molecule has 0 unspecified atom stereocenters. The maximum atomic E-state index is 13.3. The Morgan fingerprint density at radius 2 is 1.76 bits per heavy atom. The molecule has 5 aromatic rings. The second kappa shape index (κ2) is 8.85. The number of carbonyl (C=O) groups is 1. The number of hydrogen-bond donors (Lipinski definition) is 1. The molecule has 0 bridgehead atoms. The van der Waals surface area contributed by atoms with E-state index in [0.29, 0.717) is 28.1 Å². The van der Waals surface area contributed by atoms with Gasteiger partial charge in [-0.2, -0.15) is 0 Å². The fourth-order valence-electron chi connectivity index (χ4n) is 4.17. The van der Waals surface area contributed by atoms with Crippen LogP contribution in [-0.2, 0) is 14.6 Å². The normalized spacial score (nSPS) is 12.5. The Labute approximate surface area is 215 Å². The van der Waals surface area contributed by atoms with Crippen LogP contribution in [0.3, 0.4) is 0 Å². The van der Waals surface area contributed by atoms with E-state index in [1.54, 1.807) is 55.1 Å². The highest BCUT2D eigenvalue weighted by molar-refractivity contribution is 7.92. The standard InChI is InChI=1S/C28H28N4O4S/c1-17(2)37(34,35)20-12-10-18(11-13-20)22-16-30-26-25(31-22)21(15-29-26)24-14-19-8-6-7-9-23(19)32(24)27(33)36-28(3,4)5/h6-17H,1-5H3,(H,29,30). The molecule has 2 aromatic carbocycles. The van der Waals surface area contributed by atoms with E-state index in [1.165, 1.54) is 0 Å². The fourth-order valence-corrected chi connectivity index (χ4v) is 5.23. The van der Waals surface area contributed by atoms with Crippen LogP contribution in [0.4, 0.5) is 4.79 Å². The summed E-state index contributed by atoms with van der Waals surface area (Å²) in [4.78, 5) is 26.1. The van der Waals surface area contributed by atoms with E-state index in [9.17, 15) is 13.2 Å². The average Bonchev–Trinajstić information content (AvgIpc) is 3.43. The lowest BCUT2D eigenvalue weighted by Crippen LogP contribution is -2.27. The minimum atomic E-state index is -3.37. The highest BCUT2D eigenvalue weighted by Crippen LogP contribution is 2.34. The SMILES string of the molecule is CC(C)S(=O)(=O)c1ccc(-c2cnc3[nH]cc(-c4cc5ccccc5n4C(=O)OC(C)(C)C)c3n2)cc1. The Bertz CT molecular complexity index is 1740. The predicted molar refractivity (Wildman–Crippen MR) is 144 cm³/mol. The number of ether oxygens (including phenoxy) is 1. The minimum absolute atomic E-state index is 0.268. The molecule has 3 heterocycles. The maximum absolute atomic E-state index is 13.3. The lowest BCUT2D eigenvalue weighted by atomic mass is 10.1. The monoisotopic (exact) mass is 516 g/mol. The second-order valence-electron chi connectivity index (χ2n) is 10.2. The van der Waals surface area contributed by atoms with Crippen LogP contribution < -0.4 is 0 Å². The summed E-state index contributed by atoms with van der Waals surface area (Å²) in [6, 6.07) is 16.2. The third kappa shape index (κ3) is 4.51.